The van der Waals surface area contributed by atoms with E-state index in [1.807, 2.05) is 17.5 Å². The molecule has 1 aromatic heterocycles. The molecule has 1 aliphatic heterocycles. The zero-order valence-electron chi connectivity index (χ0n) is 24.3. The van der Waals surface area contributed by atoms with Crippen molar-refractivity contribution in [1.29, 1.82) is 0 Å². The summed E-state index contributed by atoms with van der Waals surface area (Å²) in [5.74, 6) is -3.26. The number of carbonyl (C=O) groups is 2. The Bertz CT molecular complexity index is 1460. The number of nitrogens with zero attached hydrogens (tertiary/aromatic N) is 3. The number of halogens is 2. The molecule has 0 radical (unpaired) electrons. The number of amides is 1. The Morgan fingerprint density at radius 2 is 1.76 bits per heavy atom. The van der Waals surface area contributed by atoms with Crippen LogP contribution in [-0.4, -0.2) is 68.7 Å². The van der Waals surface area contributed by atoms with Gasteiger partial charge in [-0.3, -0.25) is 4.79 Å². The lowest BCUT2D eigenvalue weighted by molar-refractivity contribution is -0.896. The van der Waals surface area contributed by atoms with Crippen LogP contribution in [0.25, 0.3) is 11.3 Å². The van der Waals surface area contributed by atoms with Crippen LogP contribution in [0.3, 0.4) is 0 Å². The standard InChI is InChI=1S/C31H36F2N4O4S/c1-37(2,3)22-7-9-36(10-8-22)21-5-6-23(27(13-21)41-4)26-18-42-28(35-26)17-34-30(40)31(16-29(38)39)14-19-11-24(32)25(33)12-20(19)15-31/h5-6,11-13,18,22H,7-10,14-17H2,1-4H3,(H-,34,38,39,40). The molecular formula is C31H36F2N4O4S. The number of ether oxygens (including phenoxy) is 1. The maximum absolute atomic E-state index is 13.8. The fourth-order valence-corrected chi connectivity index (χ4v) is 6.97. The molecule has 0 saturated carbocycles. The SMILES string of the molecule is COc1cc(N2CCC([N+](C)(C)C)CC2)ccc1-c1csc(CNC(=O)C2(CC(=O)[O-])Cc3cc(F)c(F)cc3C2)n1. The van der Waals surface area contributed by atoms with Crippen LogP contribution in [0.5, 0.6) is 5.75 Å². The number of carboxylic acid groups (broad SMARTS) is 1. The minimum absolute atomic E-state index is 0.0149. The molecule has 42 heavy (non-hydrogen) atoms. The summed E-state index contributed by atoms with van der Waals surface area (Å²) in [5.41, 5.74) is 2.11. The Kier molecular flexibility index (Phi) is 8.26. The zero-order valence-corrected chi connectivity index (χ0v) is 25.2. The smallest absolute Gasteiger partial charge is 0.227 e. The van der Waals surface area contributed by atoms with Gasteiger partial charge in [-0.25, -0.2) is 13.8 Å². The van der Waals surface area contributed by atoms with Gasteiger partial charge in [0.2, 0.25) is 5.91 Å². The van der Waals surface area contributed by atoms with Gasteiger partial charge in [0.1, 0.15) is 10.8 Å². The van der Waals surface area contributed by atoms with Gasteiger partial charge < -0.3 is 29.3 Å². The minimum Gasteiger partial charge on any atom is -0.550 e. The summed E-state index contributed by atoms with van der Waals surface area (Å²) >= 11 is 1.37. The van der Waals surface area contributed by atoms with Gasteiger partial charge in [0.05, 0.1) is 51.9 Å². The van der Waals surface area contributed by atoms with Gasteiger partial charge in [0, 0.05) is 61.0 Å². The van der Waals surface area contributed by atoms with Crippen LogP contribution in [0.2, 0.25) is 0 Å². The van der Waals surface area contributed by atoms with Crippen LogP contribution in [0, 0.1) is 17.0 Å². The van der Waals surface area contributed by atoms with Crippen LogP contribution in [0.1, 0.15) is 35.4 Å². The highest BCUT2D eigenvalue weighted by Crippen LogP contribution is 2.41. The molecule has 2 aromatic carbocycles. The van der Waals surface area contributed by atoms with Crippen molar-refractivity contribution in [3.63, 3.8) is 0 Å². The summed E-state index contributed by atoms with van der Waals surface area (Å²) in [4.78, 5) is 32.0. The number of aromatic nitrogens is 1. The topological polar surface area (TPSA) is 94.6 Å². The van der Waals surface area contributed by atoms with Gasteiger partial charge in [0.25, 0.3) is 0 Å². The second-order valence-electron chi connectivity index (χ2n) is 12.2. The van der Waals surface area contributed by atoms with Crippen LogP contribution < -0.4 is 20.1 Å². The van der Waals surface area contributed by atoms with E-state index in [4.69, 9.17) is 9.72 Å². The Labute approximate surface area is 248 Å². The number of hydrogen-bond donors (Lipinski definition) is 1. The number of anilines is 1. The number of benzene rings is 2. The first-order chi connectivity index (χ1) is 19.9. The third kappa shape index (κ3) is 6.12. The molecule has 0 spiro atoms. The lowest BCUT2D eigenvalue weighted by atomic mass is 9.80. The molecule has 8 nitrogen and oxygen atoms in total. The van der Waals surface area contributed by atoms with E-state index in [9.17, 15) is 23.5 Å². The monoisotopic (exact) mass is 598 g/mol. The molecule has 1 amide bonds. The summed E-state index contributed by atoms with van der Waals surface area (Å²) in [6.07, 6.45) is 1.66. The highest BCUT2D eigenvalue weighted by molar-refractivity contribution is 7.09. The van der Waals surface area contributed by atoms with Gasteiger partial charge in [0.15, 0.2) is 11.6 Å². The van der Waals surface area contributed by atoms with E-state index in [0.717, 1.165) is 53.8 Å². The molecule has 1 saturated heterocycles. The number of aliphatic carboxylic acids is 1. The fraction of sp³-hybridized carbons (Fsp3) is 0.452. The van der Waals surface area contributed by atoms with E-state index < -0.39 is 35.3 Å². The van der Waals surface area contributed by atoms with Crippen molar-refractivity contribution in [2.45, 2.75) is 44.7 Å². The number of piperidine rings is 1. The number of thiazole rings is 1. The van der Waals surface area contributed by atoms with E-state index in [0.29, 0.717) is 33.6 Å². The van der Waals surface area contributed by atoms with E-state index in [-0.39, 0.29) is 19.4 Å². The van der Waals surface area contributed by atoms with Gasteiger partial charge in [-0.2, -0.15) is 0 Å². The number of quaternary nitrogens is 1. The summed E-state index contributed by atoms with van der Waals surface area (Å²) in [7, 11) is 8.37. The Hall–Kier alpha value is -3.57. The largest absolute Gasteiger partial charge is 0.550 e. The average Bonchev–Trinajstić information content (AvgIpc) is 3.55. The van der Waals surface area contributed by atoms with Crippen molar-refractivity contribution in [3.8, 4) is 17.0 Å². The van der Waals surface area contributed by atoms with Gasteiger partial charge in [-0.1, -0.05) is 0 Å². The van der Waals surface area contributed by atoms with Crippen LogP contribution in [0.15, 0.2) is 35.7 Å². The molecule has 2 heterocycles. The van der Waals surface area contributed by atoms with Crippen molar-refractivity contribution in [3.05, 3.63) is 63.5 Å². The van der Waals surface area contributed by atoms with Crippen molar-refractivity contribution in [2.75, 3.05) is 46.2 Å². The lowest BCUT2D eigenvalue weighted by Crippen LogP contribution is -2.51. The van der Waals surface area contributed by atoms with Crippen LogP contribution >= 0.6 is 11.3 Å². The summed E-state index contributed by atoms with van der Waals surface area (Å²) in [5, 5.41) is 16.9. The first-order valence-electron chi connectivity index (χ1n) is 14.0. The quantitative estimate of drug-likeness (QED) is 0.380. The third-order valence-electron chi connectivity index (χ3n) is 8.60. The minimum atomic E-state index is -1.40. The second-order valence-corrected chi connectivity index (χ2v) is 13.2. The number of methoxy groups -OCH3 is 1. The average molecular weight is 599 g/mol. The molecule has 224 valence electrons. The molecule has 1 aliphatic carbocycles. The van der Waals surface area contributed by atoms with Crippen molar-refractivity contribution in [1.82, 2.24) is 10.3 Å². The molecule has 2 aliphatic rings. The highest BCUT2D eigenvalue weighted by atomic mass is 32.1. The Balaban J connectivity index is 1.26. The Morgan fingerprint density at radius 3 is 2.33 bits per heavy atom. The van der Waals surface area contributed by atoms with E-state index in [1.165, 1.54) is 11.3 Å². The zero-order chi connectivity index (χ0) is 30.2. The molecule has 5 rings (SSSR count). The maximum atomic E-state index is 13.8. The first kappa shape index (κ1) is 29.9. The summed E-state index contributed by atoms with van der Waals surface area (Å²) < 4.78 is 34.3. The highest BCUT2D eigenvalue weighted by Gasteiger charge is 2.44. The van der Waals surface area contributed by atoms with Crippen molar-refractivity contribution in [2.24, 2.45) is 5.41 Å². The van der Waals surface area contributed by atoms with Crippen molar-refractivity contribution < 1.29 is 32.7 Å². The molecule has 0 unspecified atom stereocenters. The molecule has 11 heteroatoms. The lowest BCUT2D eigenvalue weighted by Gasteiger charge is -2.41. The van der Waals surface area contributed by atoms with E-state index in [2.05, 4.69) is 37.4 Å². The molecule has 1 fully saturated rings. The van der Waals surface area contributed by atoms with Crippen molar-refractivity contribution >= 4 is 28.9 Å². The Morgan fingerprint density at radius 1 is 1.12 bits per heavy atom. The molecule has 0 atom stereocenters. The molecule has 3 aromatic rings. The number of carbonyl (C=O) groups excluding carboxylic acids is 2. The number of nitrogens with one attached hydrogen (secondary N) is 1. The summed E-state index contributed by atoms with van der Waals surface area (Å²) in [6.45, 7) is 2.05. The molecular weight excluding hydrogens is 562 g/mol. The maximum Gasteiger partial charge on any atom is 0.227 e. The number of rotatable bonds is 9. The number of hydrogen-bond acceptors (Lipinski definition) is 7. The van der Waals surface area contributed by atoms with E-state index >= 15 is 0 Å². The predicted octanol–water partition coefficient (Wildman–Crippen LogP) is 3.31. The first-order valence-corrected chi connectivity index (χ1v) is 14.9. The number of fused-ring (bicyclic) bond motifs is 1. The van der Waals surface area contributed by atoms with Gasteiger partial charge in [-0.05, 0) is 48.2 Å². The van der Waals surface area contributed by atoms with Crippen LogP contribution in [-0.2, 0) is 29.0 Å². The number of carboxylic acids is 1. The van der Waals surface area contributed by atoms with Gasteiger partial charge >= 0.3 is 0 Å². The normalized spacial score (nSPS) is 16.8. The van der Waals surface area contributed by atoms with Gasteiger partial charge in [-0.15, -0.1) is 11.3 Å². The summed E-state index contributed by atoms with van der Waals surface area (Å²) in [6, 6.07) is 8.83. The van der Waals surface area contributed by atoms with E-state index in [1.54, 1.807) is 7.11 Å². The fourth-order valence-electron chi connectivity index (χ4n) is 6.24. The predicted molar refractivity (Wildman–Crippen MR) is 155 cm³/mol. The third-order valence-corrected chi connectivity index (χ3v) is 9.45. The molecule has 1 N–H and O–H groups in total. The van der Waals surface area contributed by atoms with Crippen LogP contribution in [0.4, 0.5) is 14.5 Å². The molecule has 0 bridgehead atoms. The second kappa shape index (κ2) is 11.6.